The molecule has 2 aromatic rings. The van der Waals surface area contributed by atoms with E-state index in [4.69, 9.17) is 0 Å². The van der Waals surface area contributed by atoms with Crippen LogP contribution in [0.3, 0.4) is 0 Å². The van der Waals surface area contributed by atoms with Gasteiger partial charge in [-0.2, -0.15) is 4.31 Å². The van der Waals surface area contributed by atoms with Crippen molar-refractivity contribution in [2.45, 2.75) is 50.0 Å². The highest BCUT2D eigenvalue weighted by Crippen LogP contribution is 2.33. The van der Waals surface area contributed by atoms with Gasteiger partial charge in [-0.25, -0.2) is 17.8 Å². The van der Waals surface area contributed by atoms with Crippen LogP contribution >= 0.6 is 11.3 Å². The maximum Gasteiger partial charge on any atom is 0.244 e. The van der Waals surface area contributed by atoms with Crippen molar-refractivity contribution in [3.63, 3.8) is 0 Å². The molecule has 1 aliphatic heterocycles. The fraction of sp³-hybridized carbons (Fsp3) is 0.474. The summed E-state index contributed by atoms with van der Waals surface area (Å²) in [7, 11) is -3.86. The molecular weight excluding hydrogens is 401 g/mol. The number of aromatic nitrogens is 1. The third-order valence-corrected chi connectivity index (χ3v) is 8.30. The van der Waals surface area contributed by atoms with Crippen molar-refractivity contribution in [2.75, 3.05) is 11.9 Å². The first kappa shape index (κ1) is 19.5. The second kappa shape index (κ2) is 7.53. The van der Waals surface area contributed by atoms with Gasteiger partial charge in [0.15, 0.2) is 5.13 Å². The van der Waals surface area contributed by atoms with Crippen LogP contribution in [0.4, 0.5) is 9.52 Å². The number of anilines is 1. The number of aryl methyl sites for hydroxylation is 1. The zero-order chi connectivity index (χ0) is 19.9. The Balaban J connectivity index is 1.52. The van der Waals surface area contributed by atoms with E-state index in [2.05, 4.69) is 17.2 Å². The van der Waals surface area contributed by atoms with Crippen LogP contribution in [0.5, 0.6) is 0 Å². The molecule has 0 radical (unpaired) electrons. The second-order valence-electron chi connectivity index (χ2n) is 7.45. The number of hydrogen-bond acceptors (Lipinski definition) is 5. The lowest BCUT2D eigenvalue weighted by Gasteiger charge is -2.23. The summed E-state index contributed by atoms with van der Waals surface area (Å²) < 4.78 is 40.2. The van der Waals surface area contributed by atoms with E-state index in [1.54, 1.807) is 0 Å². The van der Waals surface area contributed by atoms with Gasteiger partial charge in [-0.1, -0.05) is 6.92 Å². The topological polar surface area (TPSA) is 79.4 Å². The monoisotopic (exact) mass is 423 g/mol. The van der Waals surface area contributed by atoms with E-state index in [-0.39, 0.29) is 17.3 Å². The lowest BCUT2D eigenvalue weighted by molar-refractivity contribution is -0.119. The molecule has 150 valence electrons. The Morgan fingerprint density at radius 2 is 2.04 bits per heavy atom. The van der Waals surface area contributed by atoms with Crippen LogP contribution in [-0.2, 0) is 27.7 Å². The van der Waals surface area contributed by atoms with Crippen LogP contribution in [0.25, 0.3) is 0 Å². The maximum atomic E-state index is 13.1. The number of fused-ring (bicyclic) bond motifs is 1. The van der Waals surface area contributed by atoms with Gasteiger partial charge in [0.2, 0.25) is 15.9 Å². The molecule has 0 unspecified atom stereocenters. The fourth-order valence-corrected chi connectivity index (χ4v) is 6.64. The van der Waals surface area contributed by atoms with E-state index in [1.165, 1.54) is 32.7 Å². The highest BCUT2D eigenvalue weighted by Gasteiger charge is 2.39. The smallest absolute Gasteiger partial charge is 0.244 e. The second-order valence-corrected chi connectivity index (χ2v) is 10.4. The van der Waals surface area contributed by atoms with Gasteiger partial charge in [-0.3, -0.25) is 4.79 Å². The molecule has 0 spiro atoms. The average molecular weight is 424 g/mol. The predicted octanol–water partition coefficient (Wildman–Crippen LogP) is 3.20. The van der Waals surface area contributed by atoms with Gasteiger partial charge in [0.25, 0.3) is 0 Å². The molecule has 0 bridgehead atoms. The molecule has 28 heavy (non-hydrogen) atoms. The van der Waals surface area contributed by atoms with Crippen molar-refractivity contribution in [3.05, 3.63) is 40.7 Å². The first-order chi connectivity index (χ1) is 13.3. The third kappa shape index (κ3) is 3.70. The number of sulfonamides is 1. The molecule has 2 heterocycles. The van der Waals surface area contributed by atoms with Gasteiger partial charge in [0.05, 0.1) is 10.6 Å². The highest BCUT2D eigenvalue weighted by molar-refractivity contribution is 7.89. The molecule has 4 rings (SSSR count). The third-order valence-electron chi connectivity index (χ3n) is 5.34. The number of carbonyl (C=O) groups excluding carboxylic acids is 1. The van der Waals surface area contributed by atoms with Gasteiger partial charge in [0.1, 0.15) is 11.9 Å². The molecule has 6 nitrogen and oxygen atoms in total. The summed E-state index contributed by atoms with van der Waals surface area (Å²) in [6.45, 7) is 2.47. The van der Waals surface area contributed by atoms with Crippen LogP contribution in [0.1, 0.15) is 36.8 Å². The SMILES string of the molecule is C[C@@H]1CCc2nc(NC(=O)[C@@H]3CCCN3S(=O)(=O)c3ccc(F)cc3)sc2C1. The molecule has 1 amide bonds. The van der Waals surface area contributed by atoms with Crippen molar-refractivity contribution < 1.29 is 17.6 Å². The van der Waals surface area contributed by atoms with Crippen molar-refractivity contribution in [1.29, 1.82) is 0 Å². The molecule has 1 aromatic heterocycles. The molecule has 2 atom stereocenters. The standard InChI is InChI=1S/C19H22FN3O3S2/c1-12-4-9-15-17(11-12)27-19(21-15)22-18(24)16-3-2-10-23(16)28(25,26)14-7-5-13(20)6-8-14/h5-8,12,16H,2-4,9-11H2,1H3,(H,21,22,24)/t12-,16+/m1/s1. The lowest BCUT2D eigenvalue weighted by Crippen LogP contribution is -2.43. The zero-order valence-electron chi connectivity index (χ0n) is 15.5. The Morgan fingerprint density at radius 3 is 2.79 bits per heavy atom. The van der Waals surface area contributed by atoms with Crippen molar-refractivity contribution in [2.24, 2.45) is 5.92 Å². The largest absolute Gasteiger partial charge is 0.301 e. The van der Waals surface area contributed by atoms with Crippen LogP contribution < -0.4 is 5.32 Å². The van der Waals surface area contributed by atoms with Crippen molar-refractivity contribution in [1.82, 2.24) is 9.29 Å². The summed E-state index contributed by atoms with van der Waals surface area (Å²) in [5.74, 6) is -0.248. The Morgan fingerprint density at radius 1 is 1.29 bits per heavy atom. The van der Waals surface area contributed by atoms with E-state index in [1.807, 2.05) is 0 Å². The first-order valence-corrected chi connectivity index (χ1v) is 11.7. The van der Waals surface area contributed by atoms with E-state index in [0.29, 0.717) is 23.9 Å². The van der Waals surface area contributed by atoms with E-state index >= 15 is 0 Å². The first-order valence-electron chi connectivity index (χ1n) is 9.41. The van der Waals surface area contributed by atoms with Gasteiger partial charge < -0.3 is 5.32 Å². The van der Waals surface area contributed by atoms with E-state index < -0.39 is 21.9 Å². The normalized spacial score (nSPS) is 22.8. The minimum absolute atomic E-state index is 0.00713. The highest BCUT2D eigenvalue weighted by atomic mass is 32.2. The minimum Gasteiger partial charge on any atom is -0.301 e. The summed E-state index contributed by atoms with van der Waals surface area (Å²) in [4.78, 5) is 18.6. The molecule has 2 aliphatic rings. The number of hydrogen-bond donors (Lipinski definition) is 1. The summed E-state index contributed by atoms with van der Waals surface area (Å²) >= 11 is 1.48. The molecule has 1 N–H and O–H groups in total. The van der Waals surface area contributed by atoms with Crippen molar-refractivity contribution >= 4 is 32.4 Å². The van der Waals surface area contributed by atoms with Crippen LogP contribution in [0, 0.1) is 11.7 Å². The summed E-state index contributed by atoms with van der Waals surface area (Å²) in [5, 5.41) is 3.36. The Labute approximate surface area is 167 Å². The number of nitrogens with one attached hydrogen (secondary N) is 1. The Kier molecular flexibility index (Phi) is 5.24. The van der Waals surface area contributed by atoms with E-state index in [9.17, 15) is 17.6 Å². The summed E-state index contributed by atoms with van der Waals surface area (Å²) in [5.41, 5.74) is 1.04. The van der Waals surface area contributed by atoms with Gasteiger partial charge in [0, 0.05) is 11.4 Å². The van der Waals surface area contributed by atoms with E-state index in [0.717, 1.165) is 37.1 Å². The molecule has 0 saturated carbocycles. The lowest BCUT2D eigenvalue weighted by atomic mass is 9.93. The van der Waals surface area contributed by atoms with Gasteiger partial charge in [-0.15, -0.1) is 11.3 Å². The molecular formula is C19H22FN3O3S2. The molecule has 1 aromatic carbocycles. The van der Waals surface area contributed by atoms with Crippen LogP contribution in [0.15, 0.2) is 29.2 Å². The van der Waals surface area contributed by atoms with Crippen LogP contribution in [0.2, 0.25) is 0 Å². The summed E-state index contributed by atoms with van der Waals surface area (Å²) in [6.07, 6.45) is 4.03. The molecule has 1 aliphatic carbocycles. The minimum atomic E-state index is -3.86. The number of amides is 1. The average Bonchev–Trinajstić information content (AvgIpc) is 3.28. The number of benzene rings is 1. The number of rotatable bonds is 4. The Hall–Kier alpha value is -1.84. The quantitative estimate of drug-likeness (QED) is 0.819. The Bertz CT molecular complexity index is 988. The molecule has 1 fully saturated rings. The predicted molar refractivity (Wildman–Crippen MR) is 105 cm³/mol. The number of nitrogens with zero attached hydrogens (tertiary/aromatic N) is 2. The maximum absolute atomic E-state index is 13.1. The number of carbonyl (C=O) groups is 1. The number of halogens is 1. The molecule has 9 heteroatoms. The van der Waals surface area contributed by atoms with Crippen molar-refractivity contribution in [3.8, 4) is 0 Å². The van der Waals surface area contributed by atoms with Crippen LogP contribution in [-0.4, -0.2) is 36.2 Å². The fourth-order valence-electron chi connectivity index (χ4n) is 3.81. The molecule has 1 saturated heterocycles. The zero-order valence-corrected chi connectivity index (χ0v) is 17.2. The van der Waals surface area contributed by atoms with Gasteiger partial charge >= 0.3 is 0 Å². The summed E-state index contributed by atoms with van der Waals surface area (Å²) in [6, 6.07) is 3.90. The van der Waals surface area contributed by atoms with Gasteiger partial charge in [-0.05, 0) is 62.3 Å². The number of thiazole rings is 1.